The minimum atomic E-state index is -0.237. The van der Waals surface area contributed by atoms with Crippen LogP contribution in [0.1, 0.15) is 18.7 Å². The molecule has 0 radical (unpaired) electrons. The number of ether oxygens (including phenoxy) is 1. The second kappa shape index (κ2) is 6.79. The van der Waals surface area contributed by atoms with Crippen LogP contribution in [-0.4, -0.2) is 69.4 Å². The Balaban J connectivity index is 1.45. The van der Waals surface area contributed by atoms with E-state index in [2.05, 4.69) is 20.0 Å². The van der Waals surface area contributed by atoms with Crippen LogP contribution in [0.25, 0.3) is 5.82 Å². The largest absolute Gasteiger partial charge is 0.368 e. The van der Waals surface area contributed by atoms with E-state index in [0.29, 0.717) is 25.5 Å². The van der Waals surface area contributed by atoms with E-state index < -0.39 is 0 Å². The summed E-state index contributed by atoms with van der Waals surface area (Å²) in [5.41, 5.74) is 0. The highest BCUT2D eigenvalue weighted by Crippen LogP contribution is 2.19. The topological polar surface area (TPSA) is 76.4 Å². The van der Waals surface area contributed by atoms with Gasteiger partial charge in [0, 0.05) is 51.2 Å². The fourth-order valence-corrected chi connectivity index (χ4v) is 3.35. The molecule has 25 heavy (non-hydrogen) atoms. The van der Waals surface area contributed by atoms with Gasteiger partial charge in [0.15, 0.2) is 5.82 Å². The molecule has 2 aliphatic rings. The Kier molecular flexibility index (Phi) is 4.35. The normalized spacial score (nSPS) is 20.9. The van der Waals surface area contributed by atoms with E-state index in [9.17, 15) is 4.79 Å². The molecule has 0 unspecified atom stereocenters. The lowest BCUT2D eigenvalue weighted by molar-refractivity contribution is -0.141. The Hall–Kier alpha value is -2.48. The van der Waals surface area contributed by atoms with Gasteiger partial charge in [-0.25, -0.2) is 14.6 Å². The third-order valence-corrected chi connectivity index (χ3v) is 4.67. The Morgan fingerprint density at radius 1 is 1.20 bits per heavy atom. The van der Waals surface area contributed by atoms with Crippen LogP contribution in [0.4, 0.5) is 5.82 Å². The summed E-state index contributed by atoms with van der Waals surface area (Å²) in [6.45, 7) is 5.49. The van der Waals surface area contributed by atoms with Crippen molar-refractivity contribution in [1.82, 2.24) is 24.6 Å². The standard InChI is InChI=1S/C17H22N6O2/c1-13-19-15(12-16(20-13)23-6-3-5-18-23)21-7-9-22(10-8-21)17(24)14-4-2-11-25-14/h3,5-6,12,14H,2,4,7-11H2,1H3/t14-/m0/s1. The van der Waals surface area contributed by atoms with Crippen molar-refractivity contribution in [2.24, 2.45) is 0 Å². The molecule has 0 aromatic carbocycles. The molecule has 1 atom stereocenters. The minimum Gasteiger partial charge on any atom is -0.368 e. The van der Waals surface area contributed by atoms with Crippen LogP contribution in [0.5, 0.6) is 0 Å². The summed E-state index contributed by atoms with van der Waals surface area (Å²) in [5.74, 6) is 2.47. The number of rotatable bonds is 3. The molecule has 0 aliphatic carbocycles. The van der Waals surface area contributed by atoms with Crippen LogP contribution in [0.3, 0.4) is 0 Å². The van der Waals surface area contributed by atoms with Gasteiger partial charge in [0.2, 0.25) is 0 Å². The van der Waals surface area contributed by atoms with Crippen molar-refractivity contribution in [3.63, 3.8) is 0 Å². The molecule has 1 amide bonds. The highest BCUT2D eigenvalue weighted by molar-refractivity contribution is 5.81. The molecule has 4 rings (SSSR count). The zero-order chi connectivity index (χ0) is 17.2. The summed E-state index contributed by atoms with van der Waals surface area (Å²) in [4.78, 5) is 25.6. The molecular weight excluding hydrogens is 320 g/mol. The second-order valence-corrected chi connectivity index (χ2v) is 6.40. The summed E-state index contributed by atoms with van der Waals surface area (Å²) >= 11 is 0. The van der Waals surface area contributed by atoms with E-state index in [1.165, 1.54) is 0 Å². The van der Waals surface area contributed by atoms with Crippen LogP contribution in [0.2, 0.25) is 0 Å². The summed E-state index contributed by atoms with van der Waals surface area (Å²) in [7, 11) is 0. The van der Waals surface area contributed by atoms with Crippen molar-refractivity contribution in [3.8, 4) is 5.82 Å². The Bertz CT molecular complexity index is 734. The Morgan fingerprint density at radius 2 is 2.00 bits per heavy atom. The van der Waals surface area contributed by atoms with Gasteiger partial charge in [0.05, 0.1) is 0 Å². The van der Waals surface area contributed by atoms with Gasteiger partial charge in [-0.2, -0.15) is 5.10 Å². The number of hydrogen-bond donors (Lipinski definition) is 0. The third-order valence-electron chi connectivity index (χ3n) is 4.67. The molecule has 2 aliphatic heterocycles. The van der Waals surface area contributed by atoms with Crippen LogP contribution in [0.15, 0.2) is 24.5 Å². The molecule has 2 fully saturated rings. The van der Waals surface area contributed by atoms with Gasteiger partial charge >= 0.3 is 0 Å². The van der Waals surface area contributed by atoms with Gasteiger partial charge in [-0.15, -0.1) is 0 Å². The quantitative estimate of drug-likeness (QED) is 0.821. The fraction of sp³-hybridized carbons (Fsp3) is 0.529. The van der Waals surface area contributed by atoms with E-state index in [0.717, 1.165) is 37.6 Å². The minimum absolute atomic E-state index is 0.133. The highest BCUT2D eigenvalue weighted by Gasteiger charge is 2.30. The molecule has 4 heterocycles. The van der Waals surface area contributed by atoms with E-state index in [1.54, 1.807) is 10.9 Å². The van der Waals surface area contributed by atoms with E-state index in [1.807, 2.05) is 30.2 Å². The van der Waals surface area contributed by atoms with Crippen molar-refractivity contribution in [2.45, 2.75) is 25.9 Å². The molecule has 0 bridgehead atoms. The lowest BCUT2D eigenvalue weighted by Crippen LogP contribution is -2.51. The van der Waals surface area contributed by atoms with Gasteiger partial charge in [0.25, 0.3) is 5.91 Å². The maximum atomic E-state index is 12.5. The molecule has 2 aromatic rings. The van der Waals surface area contributed by atoms with E-state index in [4.69, 9.17) is 4.74 Å². The number of carbonyl (C=O) groups is 1. The first-order chi connectivity index (χ1) is 12.2. The molecule has 2 aromatic heterocycles. The summed E-state index contributed by atoms with van der Waals surface area (Å²) in [6, 6.07) is 3.81. The highest BCUT2D eigenvalue weighted by atomic mass is 16.5. The van der Waals surface area contributed by atoms with E-state index in [-0.39, 0.29) is 12.0 Å². The van der Waals surface area contributed by atoms with E-state index >= 15 is 0 Å². The molecule has 0 spiro atoms. The monoisotopic (exact) mass is 342 g/mol. The maximum Gasteiger partial charge on any atom is 0.251 e. The summed E-state index contributed by atoms with van der Waals surface area (Å²) in [5, 5.41) is 4.23. The van der Waals surface area contributed by atoms with Crippen LogP contribution < -0.4 is 4.90 Å². The number of piperazine rings is 1. The predicted molar refractivity (Wildman–Crippen MR) is 91.7 cm³/mol. The van der Waals surface area contributed by atoms with Crippen LogP contribution in [-0.2, 0) is 9.53 Å². The zero-order valence-electron chi connectivity index (χ0n) is 14.3. The van der Waals surface area contributed by atoms with Crippen molar-refractivity contribution in [2.75, 3.05) is 37.7 Å². The predicted octanol–water partition coefficient (Wildman–Crippen LogP) is 0.798. The van der Waals surface area contributed by atoms with Crippen LogP contribution in [0, 0.1) is 6.92 Å². The van der Waals surface area contributed by atoms with Gasteiger partial charge in [-0.3, -0.25) is 4.79 Å². The molecule has 8 nitrogen and oxygen atoms in total. The summed E-state index contributed by atoms with van der Waals surface area (Å²) in [6.07, 6.45) is 5.18. The van der Waals surface area contributed by atoms with Gasteiger partial charge in [0.1, 0.15) is 17.7 Å². The van der Waals surface area contributed by atoms with Crippen molar-refractivity contribution >= 4 is 11.7 Å². The SMILES string of the molecule is Cc1nc(N2CCN(C(=O)[C@@H]3CCCO3)CC2)cc(-n2cccn2)n1. The van der Waals surface area contributed by atoms with Gasteiger partial charge in [-0.05, 0) is 25.8 Å². The number of hydrogen-bond acceptors (Lipinski definition) is 6. The van der Waals surface area contributed by atoms with Crippen molar-refractivity contribution < 1.29 is 9.53 Å². The van der Waals surface area contributed by atoms with Crippen molar-refractivity contribution in [1.29, 1.82) is 0 Å². The van der Waals surface area contributed by atoms with Gasteiger partial charge in [-0.1, -0.05) is 0 Å². The van der Waals surface area contributed by atoms with Crippen molar-refractivity contribution in [3.05, 3.63) is 30.4 Å². The first-order valence-electron chi connectivity index (χ1n) is 8.72. The first-order valence-corrected chi connectivity index (χ1v) is 8.72. The Morgan fingerprint density at radius 3 is 2.68 bits per heavy atom. The van der Waals surface area contributed by atoms with Crippen LogP contribution >= 0.6 is 0 Å². The molecule has 8 heteroatoms. The average molecular weight is 342 g/mol. The molecule has 0 N–H and O–H groups in total. The Labute approximate surface area is 146 Å². The summed E-state index contributed by atoms with van der Waals surface area (Å²) < 4.78 is 7.25. The molecular formula is C17H22N6O2. The smallest absolute Gasteiger partial charge is 0.251 e. The number of aryl methyl sites for hydroxylation is 1. The molecule has 132 valence electrons. The van der Waals surface area contributed by atoms with Gasteiger partial charge < -0.3 is 14.5 Å². The third kappa shape index (κ3) is 3.34. The molecule has 2 saturated heterocycles. The first kappa shape index (κ1) is 16.0. The number of amides is 1. The number of nitrogens with zero attached hydrogens (tertiary/aromatic N) is 6. The average Bonchev–Trinajstić information content (AvgIpc) is 3.34. The zero-order valence-corrected chi connectivity index (χ0v) is 14.3. The lowest BCUT2D eigenvalue weighted by Gasteiger charge is -2.36. The number of aromatic nitrogens is 4. The molecule has 0 saturated carbocycles. The number of anilines is 1. The fourth-order valence-electron chi connectivity index (χ4n) is 3.35. The maximum absolute atomic E-state index is 12.5. The lowest BCUT2D eigenvalue weighted by atomic mass is 10.2. The number of carbonyl (C=O) groups excluding carboxylic acids is 1. The second-order valence-electron chi connectivity index (χ2n) is 6.40.